The van der Waals surface area contributed by atoms with E-state index in [1.807, 2.05) is 47.4 Å². The maximum atomic E-state index is 13.0. The van der Waals surface area contributed by atoms with Gasteiger partial charge in [0.25, 0.3) is 0 Å². The van der Waals surface area contributed by atoms with E-state index < -0.39 is 6.04 Å². The van der Waals surface area contributed by atoms with E-state index in [4.69, 9.17) is 4.74 Å². The number of hydrogen-bond donors (Lipinski definition) is 1. The molecule has 146 valence electrons. The van der Waals surface area contributed by atoms with Crippen molar-refractivity contribution in [3.05, 3.63) is 59.9 Å². The molecule has 0 bridgehead atoms. The molecule has 0 aliphatic carbocycles. The molecule has 1 unspecified atom stereocenters. The largest absolute Gasteiger partial charge is 0.491 e. The highest BCUT2D eigenvalue weighted by Gasteiger charge is 2.33. The molecule has 2 amide bonds. The second-order valence-corrected chi connectivity index (χ2v) is 7.07. The van der Waals surface area contributed by atoms with Gasteiger partial charge in [-0.2, -0.15) is 0 Å². The summed E-state index contributed by atoms with van der Waals surface area (Å²) in [6.07, 6.45) is 1.90. The van der Waals surface area contributed by atoms with Crippen molar-refractivity contribution >= 4 is 11.8 Å². The second kappa shape index (κ2) is 8.39. The predicted octanol–water partition coefficient (Wildman–Crippen LogP) is 1.19. The van der Waals surface area contributed by atoms with Crippen LogP contribution in [0.5, 0.6) is 5.75 Å². The highest BCUT2D eigenvalue weighted by atomic mass is 16.5. The lowest BCUT2D eigenvalue weighted by Crippen LogP contribution is -2.56. The van der Waals surface area contributed by atoms with Crippen LogP contribution in [0.3, 0.4) is 0 Å². The van der Waals surface area contributed by atoms with Gasteiger partial charge in [0.1, 0.15) is 12.4 Å². The highest BCUT2D eigenvalue weighted by Crippen LogP contribution is 2.23. The monoisotopic (exact) mass is 380 g/mol. The third-order valence-electron chi connectivity index (χ3n) is 5.21. The van der Waals surface area contributed by atoms with Gasteiger partial charge >= 0.3 is 0 Å². The number of carbonyl (C=O) groups is 2. The van der Waals surface area contributed by atoms with Gasteiger partial charge in [-0.25, -0.2) is 0 Å². The van der Waals surface area contributed by atoms with E-state index in [1.54, 1.807) is 11.1 Å². The smallest absolute Gasteiger partial charge is 0.237 e. The Balaban J connectivity index is 1.46. The lowest BCUT2D eigenvalue weighted by atomic mass is 10.1. The van der Waals surface area contributed by atoms with Gasteiger partial charge in [0, 0.05) is 37.9 Å². The van der Waals surface area contributed by atoms with E-state index in [2.05, 4.69) is 10.3 Å². The van der Waals surface area contributed by atoms with Crippen LogP contribution in [0.1, 0.15) is 17.7 Å². The number of ether oxygens (including phenoxy) is 1. The number of rotatable bonds is 4. The Kier molecular flexibility index (Phi) is 5.53. The molecule has 1 atom stereocenters. The normalized spacial score (nSPS) is 19.9. The third-order valence-corrected chi connectivity index (χ3v) is 5.21. The van der Waals surface area contributed by atoms with E-state index in [0.717, 1.165) is 17.0 Å². The van der Waals surface area contributed by atoms with Crippen LogP contribution < -0.4 is 10.1 Å². The van der Waals surface area contributed by atoms with Crippen molar-refractivity contribution in [2.75, 3.05) is 26.2 Å². The Bertz CT molecular complexity index is 843. The van der Waals surface area contributed by atoms with Crippen molar-refractivity contribution in [1.82, 2.24) is 20.1 Å². The number of aromatic nitrogens is 1. The van der Waals surface area contributed by atoms with Gasteiger partial charge < -0.3 is 15.0 Å². The molecule has 4 rings (SSSR count). The highest BCUT2D eigenvalue weighted by molar-refractivity contribution is 5.88. The topological polar surface area (TPSA) is 74.8 Å². The Hall–Kier alpha value is -2.93. The third kappa shape index (κ3) is 4.14. The van der Waals surface area contributed by atoms with E-state index in [1.165, 1.54) is 0 Å². The molecule has 1 saturated heterocycles. The van der Waals surface area contributed by atoms with Gasteiger partial charge in [-0.3, -0.25) is 19.5 Å². The first-order valence-corrected chi connectivity index (χ1v) is 9.61. The summed E-state index contributed by atoms with van der Waals surface area (Å²) in [5, 5.41) is 2.89. The number of nitrogens with one attached hydrogen (secondary N) is 1. The number of piperazine rings is 1. The molecule has 1 aromatic carbocycles. The predicted molar refractivity (Wildman–Crippen MR) is 103 cm³/mol. The van der Waals surface area contributed by atoms with E-state index in [9.17, 15) is 9.59 Å². The summed E-state index contributed by atoms with van der Waals surface area (Å²) >= 11 is 0. The van der Waals surface area contributed by atoms with Crippen LogP contribution in [0.15, 0.2) is 48.7 Å². The van der Waals surface area contributed by atoms with Gasteiger partial charge in [-0.1, -0.05) is 24.3 Å². The van der Waals surface area contributed by atoms with Crippen molar-refractivity contribution in [1.29, 1.82) is 0 Å². The molecule has 3 heterocycles. The van der Waals surface area contributed by atoms with Gasteiger partial charge in [-0.05, 0) is 18.2 Å². The fourth-order valence-corrected chi connectivity index (χ4v) is 3.71. The number of carbonyl (C=O) groups excluding carboxylic acids is 2. The lowest BCUT2D eigenvalue weighted by molar-refractivity contribution is -0.139. The minimum absolute atomic E-state index is 0.0339. The maximum absolute atomic E-state index is 13.0. The molecule has 2 aliphatic rings. The molecule has 1 fully saturated rings. The minimum atomic E-state index is -0.484. The zero-order chi connectivity index (χ0) is 19.3. The molecular formula is C21H24N4O3. The first-order valence-electron chi connectivity index (χ1n) is 9.61. The summed E-state index contributed by atoms with van der Waals surface area (Å²) in [6, 6.07) is 13.0. The molecule has 0 spiro atoms. The summed E-state index contributed by atoms with van der Waals surface area (Å²) in [7, 11) is 0. The SMILES string of the molecule is O=C1NCCN(Cc2ccccn2)C1CC(=O)N1CCOc2ccccc2C1. The van der Waals surface area contributed by atoms with Gasteiger partial charge in [0.05, 0.1) is 24.7 Å². The first kappa shape index (κ1) is 18.4. The van der Waals surface area contributed by atoms with Gasteiger partial charge in [0.15, 0.2) is 0 Å². The molecular weight excluding hydrogens is 356 g/mol. The Morgan fingerprint density at radius 3 is 2.89 bits per heavy atom. The molecule has 2 aliphatic heterocycles. The van der Waals surface area contributed by atoms with Crippen molar-refractivity contribution in [3.8, 4) is 5.75 Å². The number of nitrogens with zero attached hydrogens (tertiary/aromatic N) is 3. The van der Waals surface area contributed by atoms with E-state index in [-0.39, 0.29) is 18.2 Å². The minimum Gasteiger partial charge on any atom is -0.491 e. The summed E-state index contributed by atoms with van der Waals surface area (Å²) in [6.45, 7) is 3.31. The number of hydrogen-bond acceptors (Lipinski definition) is 5. The quantitative estimate of drug-likeness (QED) is 0.863. The molecule has 2 aromatic rings. The lowest BCUT2D eigenvalue weighted by Gasteiger charge is -2.35. The Morgan fingerprint density at radius 2 is 2.04 bits per heavy atom. The average Bonchev–Trinajstić information content (AvgIpc) is 2.94. The van der Waals surface area contributed by atoms with Gasteiger partial charge in [0.2, 0.25) is 11.8 Å². The van der Waals surface area contributed by atoms with E-state index >= 15 is 0 Å². The summed E-state index contributed by atoms with van der Waals surface area (Å²) < 4.78 is 5.75. The molecule has 1 aromatic heterocycles. The number of benzene rings is 1. The van der Waals surface area contributed by atoms with E-state index in [0.29, 0.717) is 39.3 Å². The van der Waals surface area contributed by atoms with Crippen molar-refractivity contribution < 1.29 is 14.3 Å². The van der Waals surface area contributed by atoms with Gasteiger partial charge in [-0.15, -0.1) is 0 Å². The van der Waals surface area contributed by atoms with Crippen LogP contribution in [-0.2, 0) is 22.7 Å². The Morgan fingerprint density at radius 1 is 1.18 bits per heavy atom. The number of amides is 2. The first-order chi connectivity index (χ1) is 13.7. The number of fused-ring (bicyclic) bond motifs is 1. The maximum Gasteiger partial charge on any atom is 0.237 e. The summed E-state index contributed by atoms with van der Waals surface area (Å²) in [5.41, 5.74) is 1.89. The molecule has 28 heavy (non-hydrogen) atoms. The summed E-state index contributed by atoms with van der Waals surface area (Å²) in [4.78, 5) is 33.7. The van der Waals surface area contributed by atoms with Crippen LogP contribution in [0, 0.1) is 0 Å². The molecule has 1 N–H and O–H groups in total. The van der Waals surface area contributed by atoms with Crippen molar-refractivity contribution in [2.45, 2.75) is 25.6 Å². The van der Waals surface area contributed by atoms with Crippen LogP contribution in [0.4, 0.5) is 0 Å². The van der Waals surface area contributed by atoms with Crippen LogP contribution in [-0.4, -0.2) is 58.9 Å². The average molecular weight is 380 g/mol. The molecule has 0 saturated carbocycles. The van der Waals surface area contributed by atoms with Crippen LogP contribution >= 0.6 is 0 Å². The fourth-order valence-electron chi connectivity index (χ4n) is 3.71. The molecule has 7 heteroatoms. The van der Waals surface area contributed by atoms with Crippen LogP contribution in [0.25, 0.3) is 0 Å². The Labute approximate surface area is 164 Å². The van der Waals surface area contributed by atoms with Crippen LogP contribution in [0.2, 0.25) is 0 Å². The molecule has 0 radical (unpaired) electrons. The standard InChI is InChI=1S/C21H24N4O3/c26-20(25-11-12-28-19-7-2-1-5-16(19)14-25)13-18-21(27)23-9-10-24(18)15-17-6-3-4-8-22-17/h1-8,18H,9-15H2,(H,23,27). The second-order valence-electron chi connectivity index (χ2n) is 7.07. The summed E-state index contributed by atoms with van der Waals surface area (Å²) in [5.74, 6) is 0.695. The van der Waals surface area contributed by atoms with Crippen molar-refractivity contribution in [2.24, 2.45) is 0 Å². The molecule has 7 nitrogen and oxygen atoms in total. The van der Waals surface area contributed by atoms with Crippen molar-refractivity contribution in [3.63, 3.8) is 0 Å². The number of para-hydroxylation sites is 1. The zero-order valence-electron chi connectivity index (χ0n) is 15.7. The zero-order valence-corrected chi connectivity index (χ0v) is 15.7. The fraction of sp³-hybridized carbons (Fsp3) is 0.381. The number of pyridine rings is 1.